The van der Waals surface area contributed by atoms with E-state index in [0.717, 1.165) is 58.9 Å². The number of nitrogens with one attached hydrogen (secondary N) is 1. The van der Waals surface area contributed by atoms with Gasteiger partial charge in [0, 0.05) is 42.4 Å². The van der Waals surface area contributed by atoms with E-state index in [4.69, 9.17) is 10.6 Å². The molecule has 2 aromatic heterocycles. The van der Waals surface area contributed by atoms with Crippen molar-refractivity contribution in [2.75, 3.05) is 25.4 Å². The molecule has 5 rings (SSSR count). The fraction of sp³-hybridized carbons (Fsp3) is 0.360. The lowest BCUT2D eigenvalue weighted by Crippen LogP contribution is -2.24. The van der Waals surface area contributed by atoms with E-state index in [9.17, 15) is 4.39 Å². The number of benzene rings is 1. The van der Waals surface area contributed by atoms with Crippen molar-refractivity contribution in [2.45, 2.75) is 32.1 Å². The Bertz CT molecular complexity index is 1180. The molecule has 1 aliphatic heterocycles. The van der Waals surface area contributed by atoms with Gasteiger partial charge in [0.15, 0.2) is 0 Å². The number of anilines is 1. The van der Waals surface area contributed by atoms with Gasteiger partial charge in [-0.2, -0.15) is 0 Å². The summed E-state index contributed by atoms with van der Waals surface area (Å²) in [6.45, 7) is 4.46. The molecule has 2 atom stereocenters. The van der Waals surface area contributed by atoms with Gasteiger partial charge in [-0.25, -0.2) is 14.4 Å². The van der Waals surface area contributed by atoms with Crippen molar-refractivity contribution in [3.05, 3.63) is 71.1 Å². The standard InChI is InChI=1S/C25H27FN6O/c1-15-24-22(31-25(27)30-15)9-18(10-23(24)32-33-14-16-6-8-29-12-16)20-5-4-19(26)11-21(20)17-3-2-7-28-13-17/h2-5,7,11,13,16,18,29H,6,8-10,12,14H2,1H3,(H2,27,30,31)/b32-23+/t16-,18?/m0/s1. The minimum atomic E-state index is -0.279. The topological polar surface area (TPSA) is 98.3 Å². The molecule has 3 aromatic rings. The van der Waals surface area contributed by atoms with E-state index in [1.165, 1.54) is 6.07 Å². The van der Waals surface area contributed by atoms with Crippen LogP contribution in [0, 0.1) is 18.7 Å². The van der Waals surface area contributed by atoms with Crippen molar-refractivity contribution in [1.29, 1.82) is 0 Å². The average molecular weight is 447 g/mol. The summed E-state index contributed by atoms with van der Waals surface area (Å²) < 4.78 is 14.2. The average Bonchev–Trinajstić information content (AvgIpc) is 3.32. The third-order valence-electron chi connectivity index (χ3n) is 6.43. The number of halogens is 1. The van der Waals surface area contributed by atoms with Crippen molar-refractivity contribution in [1.82, 2.24) is 20.3 Å². The summed E-state index contributed by atoms with van der Waals surface area (Å²) in [7, 11) is 0. The normalized spacial score (nSPS) is 21.2. The van der Waals surface area contributed by atoms with Gasteiger partial charge in [0.2, 0.25) is 5.95 Å². The summed E-state index contributed by atoms with van der Waals surface area (Å²) in [6.07, 6.45) is 5.86. The summed E-state index contributed by atoms with van der Waals surface area (Å²) in [6, 6.07) is 8.73. The Labute approximate surface area is 192 Å². The van der Waals surface area contributed by atoms with Crippen LogP contribution in [-0.4, -0.2) is 40.4 Å². The zero-order chi connectivity index (χ0) is 22.8. The number of aryl methyl sites for hydroxylation is 1. The molecule has 0 amide bonds. The minimum Gasteiger partial charge on any atom is -0.395 e. The largest absolute Gasteiger partial charge is 0.395 e. The fourth-order valence-corrected chi connectivity index (χ4v) is 4.86. The van der Waals surface area contributed by atoms with E-state index in [1.807, 2.05) is 25.1 Å². The van der Waals surface area contributed by atoms with Crippen LogP contribution >= 0.6 is 0 Å². The molecule has 1 aromatic carbocycles. The molecular formula is C25H27FN6O. The predicted molar refractivity (Wildman–Crippen MR) is 125 cm³/mol. The minimum absolute atomic E-state index is 0.0394. The van der Waals surface area contributed by atoms with E-state index < -0.39 is 0 Å². The summed E-state index contributed by atoms with van der Waals surface area (Å²) in [5.74, 6) is 0.471. The highest BCUT2D eigenvalue weighted by Gasteiger charge is 2.31. The maximum Gasteiger partial charge on any atom is 0.220 e. The Morgan fingerprint density at radius 3 is 2.94 bits per heavy atom. The molecule has 2 aliphatic rings. The lowest BCUT2D eigenvalue weighted by molar-refractivity contribution is 0.112. The number of hydrogen-bond donors (Lipinski definition) is 2. The van der Waals surface area contributed by atoms with Crippen molar-refractivity contribution in [3.8, 4) is 11.1 Å². The molecule has 3 N–H and O–H groups in total. The zero-order valence-electron chi connectivity index (χ0n) is 18.6. The SMILES string of the molecule is Cc1nc(N)nc2c1/C(=N/OC[C@H]1CCNC1)CC(c1ccc(F)cc1-c1cccnc1)C2. The van der Waals surface area contributed by atoms with Crippen LogP contribution in [0.1, 0.15) is 41.3 Å². The smallest absolute Gasteiger partial charge is 0.220 e. The first-order chi connectivity index (χ1) is 16.1. The van der Waals surface area contributed by atoms with Crippen LogP contribution in [0.5, 0.6) is 0 Å². The molecule has 8 heteroatoms. The second kappa shape index (κ2) is 9.23. The molecular weight excluding hydrogens is 419 g/mol. The Morgan fingerprint density at radius 1 is 1.24 bits per heavy atom. The van der Waals surface area contributed by atoms with Gasteiger partial charge in [0.1, 0.15) is 12.4 Å². The molecule has 1 fully saturated rings. The Balaban J connectivity index is 1.52. The van der Waals surface area contributed by atoms with E-state index in [2.05, 4.69) is 25.4 Å². The van der Waals surface area contributed by atoms with Crippen LogP contribution in [0.15, 0.2) is 47.9 Å². The Hall–Kier alpha value is -3.39. The molecule has 7 nitrogen and oxygen atoms in total. The molecule has 33 heavy (non-hydrogen) atoms. The van der Waals surface area contributed by atoms with Crippen LogP contribution in [0.3, 0.4) is 0 Å². The number of aromatic nitrogens is 3. The quantitative estimate of drug-likeness (QED) is 0.581. The summed E-state index contributed by atoms with van der Waals surface area (Å²) in [4.78, 5) is 18.9. The number of hydrogen-bond acceptors (Lipinski definition) is 7. The van der Waals surface area contributed by atoms with Gasteiger partial charge in [-0.1, -0.05) is 17.3 Å². The molecule has 0 saturated carbocycles. The molecule has 0 radical (unpaired) electrons. The van der Waals surface area contributed by atoms with Crippen LogP contribution in [0.2, 0.25) is 0 Å². The maximum atomic E-state index is 14.2. The number of nitrogens with zero attached hydrogens (tertiary/aromatic N) is 4. The van der Waals surface area contributed by atoms with Gasteiger partial charge >= 0.3 is 0 Å². The molecule has 1 unspecified atom stereocenters. The lowest BCUT2D eigenvalue weighted by atomic mass is 9.78. The summed E-state index contributed by atoms with van der Waals surface area (Å²) >= 11 is 0. The van der Waals surface area contributed by atoms with Crippen molar-refractivity contribution < 1.29 is 9.23 Å². The highest BCUT2D eigenvalue weighted by Crippen LogP contribution is 2.38. The molecule has 0 spiro atoms. The maximum absolute atomic E-state index is 14.2. The van der Waals surface area contributed by atoms with Crippen LogP contribution in [-0.2, 0) is 11.3 Å². The number of pyridine rings is 1. The molecule has 170 valence electrons. The molecule has 1 aliphatic carbocycles. The van der Waals surface area contributed by atoms with Gasteiger partial charge in [0.05, 0.1) is 17.1 Å². The van der Waals surface area contributed by atoms with Crippen LogP contribution in [0.4, 0.5) is 10.3 Å². The van der Waals surface area contributed by atoms with Gasteiger partial charge < -0.3 is 15.9 Å². The van der Waals surface area contributed by atoms with E-state index in [0.29, 0.717) is 25.4 Å². The van der Waals surface area contributed by atoms with E-state index in [1.54, 1.807) is 18.5 Å². The lowest BCUT2D eigenvalue weighted by Gasteiger charge is -2.28. The molecule has 3 heterocycles. The predicted octanol–water partition coefficient (Wildman–Crippen LogP) is 3.63. The van der Waals surface area contributed by atoms with Crippen LogP contribution in [0.25, 0.3) is 11.1 Å². The van der Waals surface area contributed by atoms with Crippen molar-refractivity contribution in [3.63, 3.8) is 0 Å². The highest BCUT2D eigenvalue weighted by atomic mass is 19.1. The van der Waals surface area contributed by atoms with Gasteiger partial charge in [-0.05, 0) is 61.6 Å². The number of nitrogen functional groups attached to an aromatic ring is 1. The fourth-order valence-electron chi connectivity index (χ4n) is 4.86. The Morgan fingerprint density at radius 2 is 2.15 bits per heavy atom. The van der Waals surface area contributed by atoms with E-state index >= 15 is 0 Å². The van der Waals surface area contributed by atoms with E-state index in [-0.39, 0.29) is 17.7 Å². The molecule has 0 bridgehead atoms. The summed E-state index contributed by atoms with van der Waals surface area (Å²) in [5, 5.41) is 7.90. The summed E-state index contributed by atoms with van der Waals surface area (Å²) in [5.41, 5.74) is 12.1. The number of fused-ring (bicyclic) bond motifs is 1. The number of oxime groups is 1. The van der Waals surface area contributed by atoms with Gasteiger partial charge in [-0.3, -0.25) is 4.98 Å². The second-order valence-corrected chi connectivity index (χ2v) is 8.76. The first-order valence-corrected chi connectivity index (χ1v) is 11.3. The zero-order valence-corrected chi connectivity index (χ0v) is 18.6. The monoisotopic (exact) mass is 446 g/mol. The van der Waals surface area contributed by atoms with Gasteiger partial charge in [0.25, 0.3) is 0 Å². The van der Waals surface area contributed by atoms with Crippen LogP contribution < -0.4 is 11.1 Å². The second-order valence-electron chi connectivity index (χ2n) is 8.76. The number of rotatable bonds is 5. The first kappa shape index (κ1) is 21.5. The van der Waals surface area contributed by atoms with Gasteiger partial charge in [-0.15, -0.1) is 0 Å². The molecule has 1 saturated heterocycles. The third-order valence-corrected chi connectivity index (χ3v) is 6.43. The highest BCUT2D eigenvalue weighted by molar-refractivity contribution is 6.03. The Kier molecular flexibility index (Phi) is 6.00. The van der Waals surface area contributed by atoms with Crippen molar-refractivity contribution in [2.24, 2.45) is 11.1 Å². The number of nitrogens with two attached hydrogens (primary N) is 1. The first-order valence-electron chi connectivity index (χ1n) is 11.3. The van der Waals surface area contributed by atoms with Crippen molar-refractivity contribution >= 4 is 11.7 Å². The third kappa shape index (κ3) is 4.57.